The number of aryl methyl sites for hydroxylation is 1. The predicted molar refractivity (Wildman–Crippen MR) is 248 cm³/mol. The number of nitrogen functional groups attached to an aromatic ring is 1. The number of anilines is 2. The number of phosphoric acid groups is 3. The molecule has 0 saturated carbocycles. The van der Waals surface area contributed by atoms with Gasteiger partial charge in [0.15, 0.2) is 11.5 Å². The summed E-state index contributed by atoms with van der Waals surface area (Å²) < 4.78 is 98.1. The number of fused-ring (bicyclic) bond motifs is 5. The molecule has 3 unspecified atom stereocenters. The third-order valence-corrected chi connectivity index (χ3v) is 16.8. The van der Waals surface area contributed by atoms with Crippen molar-refractivity contribution in [3.05, 3.63) is 64.2 Å². The van der Waals surface area contributed by atoms with Crippen LogP contribution in [0.15, 0.2) is 41.8 Å². The normalized spacial score (nSPS) is 21.3. The summed E-state index contributed by atoms with van der Waals surface area (Å²) in [7, 11) is -20.9. The third-order valence-electron chi connectivity index (χ3n) is 12.2. The SMILES string of the molecule is CC[N+]1=c2cc3c(cc2CCC1)=Nc1cc2c(cc1O3)N(CCCC(=O)NCC#Cc1cn([C@H]3CC[C@@H](COP(=O)(O)OP(=O)(O)OP(=O)(O)O)O3)c3ncnc(N)c13)C(C)(C)CC2CS(=O)(=O)O. The van der Waals surface area contributed by atoms with Crippen LogP contribution in [-0.4, -0.2) is 103 Å². The second-order valence-corrected chi connectivity index (χ2v) is 23.5. The summed E-state index contributed by atoms with van der Waals surface area (Å²) in [6.07, 6.45) is 4.89. The Kier molecular flexibility index (Phi) is 14.4. The van der Waals surface area contributed by atoms with Gasteiger partial charge in [-0.3, -0.25) is 13.9 Å². The minimum atomic E-state index is -5.69. The highest BCUT2D eigenvalue weighted by molar-refractivity contribution is 7.85. The topological polar surface area (TPSA) is 337 Å². The first kappa shape index (κ1) is 50.7. The number of carbonyl (C=O) groups is 1. The van der Waals surface area contributed by atoms with E-state index in [1.54, 1.807) is 10.8 Å². The lowest BCUT2D eigenvalue weighted by Gasteiger charge is -2.48. The molecule has 4 aliphatic heterocycles. The number of hydrogen-bond acceptors (Lipinski definition) is 16. The minimum absolute atomic E-state index is 0.0231. The highest BCUT2D eigenvalue weighted by Gasteiger charge is 2.43. The van der Waals surface area contributed by atoms with E-state index in [9.17, 15) is 41.2 Å². The van der Waals surface area contributed by atoms with Crippen molar-refractivity contribution < 1.29 is 73.7 Å². The van der Waals surface area contributed by atoms with Gasteiger partial charge in [-0.15, -0.1) is 0 Å². The van der Waals surface area contributed by atoms with Gasteiger partial charge >= 0.3 is 23.5 Å². The second kappa shape index (κ2) is 19.5. The fraction of sp³-hybridized carbons (Fsp3) is 0.488. The molecule has 1 saturated heterocycles. The van der Waals surface area contributed by atoms with Gasteiger partial charge in [0.2, 0.25) is 11.3 Å². The first-order valence-electron chi connectivity index (χ1n) is 21.9. The summed E-state index contributed by atoms with van der Waals surface area (Å²) >= 11 is 0. The number of aromatic nitrogens is 3. The van der Waals surface area contributed by atoms with Gasteiger partial charge in [0.25, 0.3) is 10.1 Å². The van der Waals surface area contributed by atoms with Gasteiger partial charge in [0.05, 0.1) is 42.0 Å². The molecule has 4 aromatic rings. The van der Waals surface area contributed by atoms with Crippen molar-refractivity contribution in [1.29, 1.82) is 0 Å². The number of rotatable bonds is 16. The molecule has 1 amide bonds. The Hall–Kier alpha value is -4.63. The summed E-state index contributed by atoms with van der Waals surface area (Å²) in [4.78, 5) is 65.5. The third kappa shape index (κ3) is 11.9. The lowest BCUT2D eigenvalue weighted by molar-refractivity contribution is -0.120. The molecule has 1 fully saturated rings. The van der Waals surface area contributed by atoms with Crippen molar-refractivity contribution in [3.63, 3.8) is 0 Å². The van der Waals surface area contributed by atoms with Gasteiger partial charge in [0, 0.05) is 54.4 Å². The Morgan fingerprint density at radius 1 is 1.07 bits per heavy atom. The smallest absolute Gasteiger partial charge is 0.452 e. The zero-order valence-electron chi connectivity index (χ0n) is 37.6. The van der Waals surface area contributed by atoms with E-state index in [2.05, 4.69) is 58.2 Å². The maximum atomic E-state index is 13.2. The molecule has 372 valence electrons. The van der Waals surface area contributed by atoms with Crippen molar-refractivity contribution in [1.82, 2.24) is 24.4 Å². The van der Waals surface area contributed by atoms with E-state index >= 15 is 0 Å². The molecule has 2 aromatic heterocycles. The number of ether oxygens (including phenoxy) is 2. The fourth-order valence-electron chi connectivity index (χ4n) is 9.39. The molecule has 28 heteroatoms. The van der Waals surface area contributed by atoms with Crippen LogP contribution in [0.3, 0.4) is 0 Å². The molecule has 0 aliphatic carbocycles. The Balaban J connectivity index is 0.914. The molecule has 69 heavy (non-hydrogen) atoms. The molecule has 4 aliphatic rings. The number of nitrogens with two attached hydrogens (primary N) is 1. The zero-order valence-corrected chi connectivity index (χ0v) is 41.1. The number of nitrogens with zero attached hydrogens (tertiary/aromatic N) is 6. The van der Waals surface area contributed by atoms with Crippen LogP contribution in [0.2, 0.25) is 0 Å². The van der Waals surface area contributed by atoms with Crippen LogP contribution in [-0.2, 0) is 52.9 Å². The Morgan fingerprint density at radius 3 is 2.59 bits per heavy atom. The first-order chi connectivity index (χ1) is 32.4. The van der Waals surface area contributed by atoms with Crippen LogP contribution in [0.5, 0.6) is 11.5 Å². The average Bonchev–Trinajstić information content (AvgIpc) is 3.87. The Bertz CT molecular complexity index is 3170. The number of carbonyl (C=O) groups excluding carboxylic acids is 1. The van der Waals surface area contributed by atoms with Crippen LogP contribution in [0.4, 0.5) is 17.2 Å². The minimum Gasteiger partial charge on any atom is -0.452 e. The highest BCUT2D eigenvalue weighted by Crippen LogP contribution is 2.66. The zero-order chi connectivity index (χ0) is 49.7. The van der Waals surface area contributed by atoms with E-state index in [0.29, 0.717) is 70.5 Å². The molecule has 0 radical (unpaired) electrons. The van der Waals surface area contributed by atoms with E-state index in [0.717, 1.165) is 37.0 Å². The van der Waals surface area contributed by atoms with E-state index in [1.165, 1.54) is 11.9 Å². The lowest BCUT2D eigenvalue weighted by atomic mass is 9.79. The monoisotopic (exact) mass is 1040 g/mol. The number of amides is 1. The van der Waals surface area contributed by atoms with Crippen molar-refractivity contribution in [2.45, 2.75) is 89.5 Å². The standard InChI is InChI=1S/C41H51N8O16P3S/c1-4-47-14-6-9-25-16-30-34(18-32(25)47)63-35-19-33-29(17-31(35)46-30)27(23-69(58,59)60)20-41(2,3)49(33)15-7-10-36(50)43-13-5-8-26-21-48(40-38(26)39(42)44-24-45-40)37-12-11-28(62-37)22-61-67(54,55)65-68(56,57)64-66(51,52)53/h16-19,21,24,27-28,37H,4,6-7,9-15,20,22-23H2,1-3H3,(H7-,42,43,44,45,50,51,52,53,54,55,56,57,58,59,60)/p+1/t27?,28-,37+/m0/s1. The fourth-order valence-corrected chi connectivity index (χ4v) is 13.2. The summed E-state index contributed by atoms with van der Waals surface area (Å²) in [6, 6.07) is 7.84. The van der Waals surface area contributed by atoms with Crippen LogP contribution in [0, 0.1) is 11.8 Å². The van der Waals surface area contributed by atoms with Crippen LogP contribution < -0.4 is 36.0 Å². The highest BCUT2D eigenvalue weighted by atomic mass is 32.2. The van der Waals surface area contributed by atoms with Crippen LogP contribution >= 0.6 is 23.5 Å². The average molecular weight is 1040 g/mol. The Labute approximate surface area is 395 Å². The van der Waals surface area contributed by atoms with Gasteiger partial charge in [-0.25, -0.2) is 33.2 Å². The maximum Gasteiger partial charge on any atom is 0.490 e. The summed E-state index contributed by atoms with van der Waals surface area (Å²) in [5, 5.41) is 5.06. The molecule has 5 atom stereocenters. The molecule has 0 bridgehead atoms. The van der Waals surface area contributed by atoms with Crippen molar-refractivity contribution >= 4 is 67.7 Å². The first-order valence-corrected chi connectivity index (χ1v) is 28.0. The molecular weight excluding hydrogens is 985 g/mol. The second-order valence-electron chi connectivity index (χ2n) is 17.6. The molecule has 8 rings (SSSR count). The van der Waals surface area contributed by atoms with E-state index in [1.807, 2.05) is 32.0 Å². The molecule has 6 heterocycles. The predicted octanol–water partition coefficient (Wildman–Crippen LogP) is 3.46. The molecule has 2 aromatic carbocycles. The van der Waals surface area contributed by atoms with E-state index in [-0.39, 0.29) is 31.1 Å². The quantitative estimate of drug-likeness (QED) is 0.0322. The van der Waals surface area contributed by atoms with Crippen molar-refractivity contribution in [2.75, 3.05) is 49.2 Å². The van der Waals surface area contributed by atoms with Crippen LogP contribution in [0.25, 0.3) is 11.0 Å². The van der Waals surface area contributed by atoms with Crippen molar-refractivity contribution in [2.24, 2.45) is 4.99 Å². The summed E-state index contributed by atoms with van der Waals surface area (Å²) in [5.74, 6) is 5.97. The number of phosphoric ester groups is 1. The molecular formula is C41H52N8O16P3S+. The largest absolute Gasteiger partial charge is 0.490 e. The van der Waals surface area contributed by atoms with Gasteiger partial charge in [0.1, 0.15) is 48.2 Å². The molecule has 8 N–H and O–H groups in total. The number of benzene rings is 2. The Morgan fingerprint density at radius 2 is 1.86 bits per heavy atom. The van der Waals surface area contributed by atoms with Gasteiger partial charge < -0.3 is 49.6 Å². The number of hydrogen-bond donors (Lipinski definition) is 7. The molecule has 24 nitrogen and oxygen atoms in total. The summed E-state index contributed by atoms with van der Waals surface area (Å²) in [6.45, 7) is 7.73. The van der Waals surface area contributed by atoms with E-state index < -0.39 is 69.7 Å². The lowest BCUT2D eigenvalue weighted by Crippen LogP contribution is -2.50. The van der Waals surface area contributed by atoms with Crippen molar-refractivity contribution in [3.8, 4) is 23.3 Å². The maximum absolute atomic E-state index is 13.2. The summed E-state index contributed by atoms with van der Waals surface area (Å²) in [5.41, 5.74) is 9.64. The van der Waals surface area contributed by atoms with Gasteiger partial charge in [-0.1, -0.05) is 11.8 Å². The van der Waals surface area contributed by atoms with Gasteiger partial charge in [-0.05, 0) is 70.6 Å². The van der Waals surface area contributed by atoms with Gasteiger partial charge in [-0.2, -0.15) is 17.0 Å². The molecule has 0 spiro atoms. The number of nitrogens with one attached hydrogen (secondary N) is 1. The van der Waals surface area contributed by atoms with Crippen LogP contribution in [0.1, 0.15) is 88.1 Å². The van der Waals surface area contributed by atoms with E-state index in [4.69, 9.17) is 34.5 Å².